The Kier molecular flexibility index (Phi) is 3.11. The lowest BCUT2D eigenvalue weighted by molar-refractivity contribution is 0.375. The van der Waals surface area contributed by atoms with Gasteiger partial charge in [0.25, 0.3) is 0 Å². The van der Waals surface area contributed by atoms with E-state index in [1.807, 2.05) is 6.20 Å². The summed E-state index contributed by atoms with van der Waals surface area (Å²) >= 11 is 0. The Morgan fingerprint density at radius 2 is 2.15 bits per heavy atom. The van der Waals surface area contributed by atoms with Gasteiger partial charge in [0.15, 0.2) is 0 Å². The van der Waals surface area contributed by atoms with E-state index in [9.17, 15) is 0 Å². The van der Waals surface area contributed by atoms with E-state index in [0.29, 0.717) is 12.1 Å². The maximum absolute atomic E-state index is 4.42. The molecule has 106 valence electrons. The van der Waals surface area contributed by atoms with Crippen LogP contribution in [0.5, 0.6) is 0 Å². The quantitative estimate of drug-likeness (QED) is 0.910. The van der Waals surface area contributed by atoms with E-state index in [4.69, 9.17) is 0 Å². The molecule has 2 aliphatic rings. The van der Waals surface area contributed by atoms with Gasteiger partial charge in [0.2, 0.25) is 0 Å². The van der Waals surface area contributed by atoms with Gasteiger partial charge < -0.3 is 10.2 Å². The van der Waals surface area contributed by atoms with Crippen LogP contribution in [0.25, 0.3) is 5.65 Å². The van der Waals surface area contributed by atoms with Gasteiger partial charge in [-0.3, -0.25) is 4.40 Å². The van der Waals surface area contributed by atoms with E-state index < -0.39 is 0 Å². The minimum absolute atomic E-state index is 0.638. The van der Waals surface area contributed by atoms with E-state index in [0.717, 1.165) is 5.65 Å². The summed E-state index contributed by atoms with van der Waals surface area (Å²) < 4.78 is 2.23. The average Bonchev–Trinajstić information content (AvgIpc) is 3.18. The molecule has 0 saturated carbocycles. The highest BCUT2D eigenvalue weighted by atomic mass is 15.3. The molecular weight excluding hydrogens is 248 g/mol. The van der Waals surface area contributed by atoms with Crippen molar-refractivity contribution in [2.45, 2.75) is 44.2 Å². The number of hydrogen-bond donors (Lipinski definition) is 1. The number of nitrogens with zero attached hydrogens (tertiary/aromatic N) is 3. The van der Waals surface area contributed by atoms with Crippen LogP contribution in [0.4, 0.5) is 5.82 Å². The predicted octanol–water partition coefficient (Wildman–Crippen LogP) is 2.45. The van der Waals surface area contributed by atoms with Crippen LogP contribution in [0.3, 0.4) is 0 Å². The van der Waals surface area contributed by atoms with Crippen LogP contribution in [0, 0.1) is 0 Å². The zero-order chi connectivity index (χ0) is 13.4. The largest absolute Gasteiger partial charge is 0.353 e. The van der Waals surface area contributed by atoms with Crippen LogP contribution in [-0.2, 0) is 0 Å². The van der Waals surface area contributed by atoms with Crippen molar-refractivity contribution in [3.63, 3.8) is 0 Å². The molecule has 0 spiro atoms. The number of piperidine rings is 1. The molecule has 4 heteroatoms. The molecule has 1 N–H and O–H groups in total. The second-order valence-corrected chi connectivity index (χ2v) is 6.00. The maximum atomic E-state index is 4.42. The number of rotatable bonds is 2. The Balaban J connectivity index is 1.72. The standard InChI is InChI=1S/C16H22N4/c1-2-11-19(14(6-1)13-5-4-9-17-13)16-8-3-7-15-18-10-12-20(15)16/h3,7-8,10,12-14,17H,1-2,4-6,9,11H2. The van der Waals surface area contributed by atoms with Gasteiger partial charge >= 0.3 is 0 Å². The van der Waals surface area contributed by atoms with Crippen molar-refractivity contribution in [3.8, 4) is 0 Å². The molecule has 2 fully saturated rings. The lowest BCUT2D eigenvalue weighted by atomic mass is 9.94. The summed E-state index contributed by atoms with van der Waals surface area (Å²) in [6, 6.07) is 7.75. The van der Waals surface area contributed by atoms with Gasteiger partial charge in [-0.15, -0.1) is 0 Å². The molecular formula is C16H22N4. The first-order valence-corrected chi connectivity index (χ1v) is 7.85. The van der Waals surface area contributed by atoms with Crippen molar-refractivity contribution < 1.29 is 0 Å². The first-order chi connectivity index (χ1) is 9.93. The number of imidazole rings is 1. The van der Waals surface area contributed by atoms with Crippen LogP contribution >= 0.6 is 0 Å². The lowest BCUT2D eigenvalue weighted by Crippen LogP contribution is -2.50. The van der Waals surface area contributed by atoms with Gasteiger partial charge in [-0.1, -0.05) is 6.07 Å². The van der Waals surface area contributed by atoms with E-state index in [1.54, 1.807) is 0 Å². The molecule has 2 saturated heterocycles. The number of pyridine rings is 1. The highest BCUT2D eigenvalue weighted by Gasteiger charge is 2.32. The summed E-state index contributed by atoms with van der Waals surface area (Å²) in [5.74, 6) is 1.30. The fraction of sp³-hybridized carbons (Fsp3) is 0.562. The monoisotopic (exact) mass is 270 g/mol. The topological polar surface area (TPSA) is 32.6 Å². The summed E-state index contributed by atoms with van der Waals surface area (Å²) in [6.45, 7) is 2.35. The van der Waals surface area contributed by atoms with E-state index in [2.05, 4.69) is 44.0 Å². The van der Waals surface area contributed by atoms with Crippen molar-refractivity contribution in [3.05, 3.63) is 30.6 Å². The summed E-state index contributed by atoms with van der Waals surface area (Å²) in [6.07, 6.45) is 10.6. The van der Waals surface area contributed by atoms with Crippen molar-refractivity contribution in [1.29, 1.82) is 0 Å². The molecule has 2 unspecified atom stereocenters. The fourth-order valence-electron chi connectivity index (χ4n) is 3.87. The third-order valence-corrected chi connectivity index (χ3v) is 4.81. The Morgan fingerprint density at radius 3 is 3.05 bits per heavy atom. The predicted molar refractivity (Wildman–Crippen MR) is 81.2 cm³/mol. The first-order valence-electron chi connectivity index (χ1n) is 7.85. The highest BCUT2D eigenvalue weighted by Crippen LogP contribution is 2.29. The van der Waals surface area contributed by atoms with Gasteiger partial charge in [-0.25, -0.2) is 4.98 Å². The zero-order valence-electron chi connectivity index (χ0n) is 11.8. The molecule has 2 atom stereocenters. The first kappa shape index (κ1) is 12.2. The van der Waals surface area contributed by atoms with Crippen molar-refractivity contribution in [2.75, 3.05) is 18.0 Å². The number of aromatic nitrogens is 2. The van der Waals surface area contributed by atoms with Crippen LogP contribution in [0.15, 0.2) is 30.6 Å². The smallest absolute Gasteiger partial charge is 0.138 e. The molecule has 20 heavy (non-hydrogen) atoms. The molecule has 2 aliphatic heterocycles. The molecule has 0 bridgehead atoms. The number of hydrogen-bond acceptors (Lipinski definition) is 3. The van der Waals surface area contributed by atoms with Gasteiger partial charge in [-0.2, -0.15) is 0 Å². The summed E-state index contributed by atoms with van der Waals surface area (Å²) in [7, 11) is 0. The number of fused-ring (bicyclic) bond motifs is 1. The van der Waals surface area contributed by atoms with Crippen LogP contribution < -0.4 is 10.2 Å². The van der Waals surface area contributed by atoms with Crippen molar-refractivity contribution >= 4 is 11.5 Å². The van der Waals surface area contributed by atoms with Gasteiger partial charge in [0.05, 0.1) is 0 Å². The average molecular weight is 270 g/mol. The highest BCUT2D eigenvalue weighted by molar-refractivity contribution is 5.52. The fourth-order valence-corrected chi connectivity index (χ4v) is 3.87. The van der Waals surface area contributed by atoms with Crippen molar-refractivity contribution in [1.82, 2.24) is 14.7 Å². The Labute approximate surface area is 119 Å². The minimum Gasteiger partial charge on any atom is -0.353 e. The Morgan fingerprint density at radius 1 is 1.15 bits per heavy atom. The number of nitrogens with one attached hydrogen (secondary N) is 1. The minimum atomic E-state index is 0.638. The molecule has 2 aromatic rings. The lowest BCUT2D eigenvalue weighted by Gasteiger charge is -2.41. The molecule has 4 rings (SSSR count). The molecule has 0 radical (unpaired) electrons. The maximum Gasteiger partial charge on any atom is 0.138 e. The normalized spacial score (nSPS) is 27.3. The van der Waals surface area contributed by atoms with Gasteiger partial charge in [0, 0.05) is 31.0 Å². The third kappa shape index (κ3) is 1.99. The molecule has 0 aromatic carbocycles. The second kappa shape index (κ2) is 5.09. The summed E-state index contributed by atoms with van der Waals surface area (Å²) in [5.41, 5.74) is 1.05. The van der Waals surface area contributed by atoms with Crippen LogP contribution in [0.1, 0.15) is 32.1 Å². The van der Waals surface area contributed by atoms with E-state index in [1.165, 1.54) is 51.0 Å². The van der Waals surface area contributed by atoms with Crippen LogP contribution in [0.2, 0.25) is 0 Å². The molecule has 0 aliphatic carbocycles. The van der Waals surface area contributed by atoms with Gasteiger partial charge in [0.1, 0.15) is 11.5 Å². The van der Waals surface area contributed by atoms with E-state index >= 15 is 0 Å². The van der Waals surface area contributed by atoms with Crippen LogP contribution in [-0.4, -0.2) is 34.6 Å². The molecule has 4 nitrogen and oxygen atoms in total. The third-order valence-electron chi connectivity index (χ3n) is 4.81. The Hall–Kier alpha value is -1.55. The Bertz CT molecular complexity index is 585. The number of anilines is 1. The molecule has 4 heterocycles. The molecule has 2 aromatic heterocycles. The SMILES string of the molecule is c1cc(N2CCCCC2C2CCCN2)n2ccnc2c1. The second-order valence-electron chi connectivity index (χ2n) is 6.00. The van der Waals surface area contributed by atoms with E-state index in [-0.39, 0.29) is 0 Å². The van der Waals surface area contributed by atoms with Gasteiger partial charge in [-0.05, 0) is 50.8 Å². The molecule has 0 amide bonds. The van der Waals surface area contributed by atoms with Crippen molar-refractivity contribution in [2.24, 2.45) is 0 Å². The summed E-state index contributed by atoms with van der Waals surface area (Å²) in [4.78, 5) is 7.03. The zero-order valence-corrected chi connectivity index (χ0v) is 11.8. The summed E-state index contributed by atoms with van der Waals surface area (Å²) in [5, 5.41) is 3.70.